The first-order valence-corrected chi connectivity index (χ1v) is 10.8. The molecule has 0 bridgehead atoms. The second-order valence-corrected chi connectivity index (χ2v) is 8.52. The van der Waals surface area contributed by atoms with Gasteiger partial charge in [0.25, 0.3) is 10.0 Å². The monoisotopic (exact) mass is 398 g/mol. The Balaban J connectivity index is 1.41. The van der Waals surface area contributed by atoms with Gasteiger partial charge in [0, 0.05) is 30.9 Å². The van der Waals surface area contributed by atoms with Crippen molar-refractivity contribution in [1.29, 1.82) is 0 Å². The Hall–Kier alpha value is -2.87. The lowest BCUT2D eigenvalue weighted by molar-refractivity contribution is -0.119. The van der Waals surface area contributed by atoms with E-state index in [1.165, 1.54) is 18.9 Å². The third-order valence-electron chi connectivity index (χ3n) is 4.96. The molecule has 2 heterocycles. The summed E-state index contributed by atoms with van der Waals surface area (Å²) < 4.78 is 26.6. The topological polar surface area (TPSA) is 90.9 Å². The number of nitrogens with zero attached hydrogens (tertiary/aromatic N) is 2. The van der Waals surface area contributed by atoms with E-state index in [9.17, 15) is 13.2 Å². The maximum absolute atomic E-state index is 12.3. The van der Waals surface area contributed by atoms with Crippen LogP contribution < -0.4 is 14.9 Å². The lowest BCUT2D eigenvalue weighted by atomic mass is 10.1. The molecule has 2 aromatic rings. The zero-order valence-corrected chi connectivity index (χ0v) is 16.2. The average Bonchev–Trinajstić information content (AvgIpc) is 3.32. The van der Waals surface area contributed by atoms with Crippen LogP contribution in [0.2, 0.25) is 0 Å². The van der Waals surface area contributed by atoms with Crippen LogP contribution in [0.5, 0.6) is 0 Å². The zero-order chi connectivity index (χ0) is 19.6. The molecule has 2 aromatic carbocycles. The summed E-state index contributed by atoms with van der Waals surface area (Å²) in [5.74, 6) is -0.0458. The molecule has 0 atom stereocenters. The van der Waals surface area contributed by atoms with Crippen LogP contribution in [0.3, 0.4) is 0 Å². The molecule has 0 unspecified atom stereocenters. The summed E-state index contributed by atoms with van der Waals surface area (Å²) in [7, 11) is -3.59. The van der Waals surface area contributed by atoms with Crippen LogP contribution in [0, 0.1) is 0 Å². The molecule has 1 saturated heterocycles. The van der Waals surface area contributed by atoms with Crippen LogP contribution in [0.15, 0.2) is 58.4 Å². The molecule has 1 fully saturated rings. The summed E-state index contributed by atoms with van der Waals surface area (Å²) in [6.07, 6.45) is 2.38. The van der Waals surface area contributed by atoms with Crippen LogP contribution in [0.4, 0.5) is 5.69 Å². The Morgan fingerprint density at radius 2 is 1.79 bits per heavy atom. The van der Waals surface area contributed by atoms with Crippen LogP contribution in [0.1, 0.15) is 24.0 Å². The van der Waals surface area contributed by atoms with Crippen LogP contribution >= 0.6 is 0 Å². The van der Waals surface area contributed by atoms with E-state index in [4.69, 9.17) is 0 Å². The summed E-state index contributed by atoms with van der Waals surface area (Å²) in [5.41, 5.74) is 2.72. The largest absolute Gasteiger partial charge is 0.371 e. The maximum atomic E-state index is 12.3. The van der Waals surface area contributed by atoms with Crippen molar-refractivity contribution in [2.24, 2.45) is 4.99 Å². The predicted molar refractivity (Wildman–Crippen MR) is 108 cm³/mol. The van der Waals surface area contributed by atoms with Crippen molar-refractivity contribution in [2.75, 3.05) is 24.5 Å². The van der Waals surface area contributed by atoms with Gasteiger partial charge in [-0.05, 0) is 36.6 Å². The summed E-state index contributed by atoms with van der Waals surface area (Å²) in [5, 5.41) is 2.88. The molecular formula is C20H22N4O3S. The van der Waals surface area contributed by atoms with Gasteiger partial charge in [-0.1, -0.05) is 30.3 Å². The zero-order valence-electron chi connectivity index (χ0n) is 15.4. The van der Waals surface area contributed by atoms with Gasteiger partial charge in [-0.15, -0.1) is 0 Å². The van der Waals surface area contributed by atoms with E-state index >= 15 is 0 Å². The van der Waals surface area contributed by atoms with Gasteiger partial charge in [0.1, 0.15) is 12.4 Å². The fourth-order valence-electron chi connectivity index (χ4n) is 3.58. The summed E-state index contributed by atoms with van der Waals surface area (Å²) in [6.45, 7) is 2.35. The van der Waals surface area contributed by atoms with Gasteiger partial charge < -0.3 is 10.2 Å². The van der Waals surface area contributed by atoms with E-state index in [0.29, 0.717) is 12.1 Å². The molecule has 0 aliphatic carbocycles. The highest BCUT2D eigenvalue weighted by Crippen LogP contribution is 2.24. The lowest BCUT2D eigenvalue weighted by Gasteiger charge is -2.21. The third-order valence-corrected chi connectivity index (χ3v) is 6.35. The third kappa shape index (κ3) is 3.73. The minimum absolute atomic E-state index is 0.141. The fraction of sp³-hybridized carbons (Fsp3) is 0.300. The van der Waals surface area contributed by atoms with Crippen LogP contribution in [0.25, 0.3) is 0 Å². The molecule has 2 aliphatic rings. The van der Waals surface area contributed by atoms with E-state index in [1.54, 1.807) is 18.2 Å². The van der Waals surface area contributed by atoms with Gasteiger partial charge in [0.15, 0.2) is 0 Å². The molecule has 7 nitrogen and oxygen atoms in total. The molecule has 28 heavy (non-hydrogen) atoms. The van der Waals surface area contributed by atoms with E-state index in [1.807, 2.05) is 18.2 Å². The number of amides is 1. The van der Waals surface area contributed by atoms with Gasteiger partial charge in [-0.2, -0.15) is 0 Å². The molecule has 146 valence electrons. The molecule has 0 radical (unpaired) electrons. The molecule has 2 N–H and O–H groups in total. The van der Waals surface area contributed by atoms with Crippen molar-refractivity contribution in [2.45, 2.75) is 24.3 Å². The number of carbonyl (C=O) groups is 1. The van der Waals surface area contributed by atoms with E-state index in [-0.39, 0.29) is 23.2 Å². The van der Waals surface area contributed by atoms with Crippen molar-refractivity contribution in [3.8, 4) is 0 Å². The lowest BCUT2D eigenvalue weighted by Crippen LogP contribution is -2.29. The minimum atomic E-state index is -3.59. The smallest absolute Gasteiger partial charge is 0.263 e. The molecule has 8 heteroatoms. The number of hydrogen-bond donors (Lipinski definition) is 2. The van der Waals surface area contributed by atoms with Crippen molar-refractivity contribution >= 4 is 27.5 Å². The second-order valence-electron chi connectivity index (χ2n) is 6.87. The SMILES string of the molecule is O=C(CN=C1NS(=O)(=O)c2ccccc21)NCc1ccccc1N1CCCC1. The van der Waals surface area contributed by atoms with Gasteiger partial charge in [-0.25, -0.2) is 8.42 Å². The first kappa shape index (κ1) is 18.5. The number of hydrogen-bond acceptors (Lipinski definition) is 5. The highest BCUT2D eigenvalue weighted by Gasteiger charge is 2.30. The number of rotatable bonds is 5. The minimum Gasteiger partial charge on any atom is -0.371 e. The number of nitrogens with one attached hydrogen (secondary N) is 2. The van der Waals surface area contributed by atoms with Crippen molar-refractivity contribution in [3.63, 3.8) is 0 Å². The predicted octanol–water partition coefficient (Wildman–Crippen LogP) is 1.64. The molecule has 4 rings (SSSR count). The Bertz CT molecular complexity index is 1030. The number of para-hydroxylation sites is 1. The van der Waals surface area contributed by atoms with E-state index < -0.39 is 10.0 Å². The molecular weight excluding hydrogens is 376 g/mol. The number of aliphatic imine (C=N–C) groups is 1. The first-order chi connectivity index (χ1) is 13.5. The van der Waals surface area contributed by atoms with Gasteiger partial charge in [0.2, 0.25) is 5.91 Å². The highest BCUT2D eigenvalue weighted by atomic mass is 32.2. The van der Waals surface area contributed by atoms with Gasteiger partial charge >= 0.3 is 0 Å². The van der Waals surface area contributed by atoms with Crippen LogP contribution in [-0.2, 0) is 21.4 Å². The second kappa shape index (κ2) is 7.63. The standard InChI is InChI=1S/C20H22N4O3S/c25-19(14-22-20-16-8-2-4-10-18(16)28(26,27)23-20)21-13-15-7-1-3-9-17(15)24-11-5-6-12-24/h1-4,7-10H,5-6,11-14H2,(H,21,25)(H,22,23). The van der Waals surface area contributed by atoms with E-state index in [2.05, 4.69) is 26.0 Å². The fourth-order valence-corrected chi connectivity index (χ4v) is 4.83. The normalized spacial score (nSPS) is 18.7. The molecule has 0 saturated carbocycles. The number of anilines is 1. The summed E-state index contributed by atoms with van der Waals surface area (Å²) in [6, 6.07) is 14.7. The number of amidine groups is 1. The average molecular weight is 398 g/mol. The van der Waals surface area contributed by atoms with Crippen molar-refractivity contribution in [1.82, 2.24) is 10.0 Å². The Morgan fingerprint density at radius 1 is 1.07 bits per heavy atom. The molecule has 0 spiro atoms. The first-order valence-electron chi connectivity index (χ1n) is 9.31. The maximum Gasteiger partial charge on any atom is 0.263 e. The quantitative estimate of drug-likeness (QED) is 0.801. The van der Waals surface area contributed by atoms with Crippen molar-refractivity contribution < 1.29 is 13.2 Å². The molecule has 1 amide bonds. The number of sulfonamides is 1. The number of carbonyl (C=O) groups excluding carboxylic acids is 1. The molecule has 2 aliphatic heterocycles. The van der Waals surface area contributed by atoms with Crippen molar-refractivity contribution in [3.05, 3.63) is 59.7 Å². The van der Waals surface area contributed by atoms with Gasteiger partial charge in [0.05, 0.1) is 4.90 Å². The summed E-state index contributed by atoms with van der Waals surface area (Å²) in [4.78, 5) is 19.0. The van der Waals surface area contributed by atoms with Crippen LogP contribution in [-0.4, -0.2) is 39.8 Å². The highest BCUT2D eigenvalue weighted by molar-refractivity contribution is 7.90. The Kier molecular flexibility index (Phi) is 5.04. The number of fused-ring (bicyclic) bond motifs is 1. The van der Waals surface area contributed by atoms with E-state index in [0.717, 1.165) is 24.3 Å². The Morgan fingerprint density at radius 3 is 2.61 bits per heavy atom. The summed E-state index contributed by atoms with van der Waals surface area (Å²) >= 11 is 0. The Labute approximate surface area is 164 Å². The molecule has 0 aromatic heterocycles. The number of benzene rings is 2. The van der Waals surface area contributed by atoms with Gasteiger partial charge in [-0.3, -0.25) is 14.5 Å².